The molecule has 4 heteroatoms. The molecule has 2 N–H and O–H groups in total. The van der Waals surface area contributed by atoms with Crippen LogP contribution >= 0.6 is 0 Å². The smallest absolute Gasteiger partial charge is 0.314 e. The summed E-state index contributed by atoms with van der Waals surface area (Å²) in [6, 6.07) is 17.6. The topological polar surface area (TPSA) is 55.6 Å². The first-order valence-corrected chi connectivity index (χ1v) is 7.40. The minimum atomic E-state index is -0.371. The predicted molar refractivity (Wildman–Crippen MR) is 88.0 cm³/mol. The number of nitrogens with zero attached hydrogens (tertiary/aromatic N) is 1. The number of primary amides is 1. The average molecular weight is 298 g/mol. The number of methoxy groups -OCH3 is 1. The summed E-state index contributed by atoms with van der Waals surface area (Å²) in [6.07, 6.45) is 1.59. The van der Waals surface area contributed by atoms with E-state index in [1.54, 1.807) is 12.0 Å². The number of hydrogen-bond donors (Lipinski definition) is 1. The number of benzene rings is 2. The van der Waals surface area contributed by atoms with E-state index in [1.807, 2.05) is 42.5 Å². The normalized spacial score (nSPS) is 10.2. The highest BCUT2D eigenvalue weighted by atomic mass is 16.5. The zero-order valence-electron chi connectivity index (χ0n) is 12.9. The van der Waals surface area contributed by atoms with Gasteiger partial charge in [-0.05, 0) is 36.1 Å². The molecule has 0 aliphatic rings. The van der Waals surface area contributed by atoms with Crippen molar-refractivity contribution < 1.29 is 9.53 Å². The Morgan fingerprint density at radius 2 is 1.50 bits per heavy atom. The number of rotatable bonds is 7. The highest BCUT2D eigenvalue weighted by molar-refractivity contribution is 5.72. The summed E-state index contributed by atoms with van der Waals surface area (Å²) in [6.45, 7) is 1.25. The zero-order valence-corrected chi connectivity index (χ0v) is 12.9. The van der Waals surface area contributed by atoms with Crippen molar-refractivity contribution in [1.82, 2.24) is 4.90 Å². The van der Waals surface area contributed by atoms with Gasteiger partial charge in [0.05, 0.1) is 7.11 Å². The van der Waals surface area contributed by atoms with Crippen molar-refractivity contribution in [3.8, 4) is 5.75 Å². The number of urea groups is 1. The third kappa shape index (κ3) is 4.81. The molecule has 2 aromatic carbocycles. The van der Waals surface area contributed by atoms with Gasteiger partial charge in [-0.2, -0.15) is 0 Å². The van der Waals surface area contributed by atoms with Crippen LogP contribution in [-0.2, 0) is 12.8 Å². The zero-order chi connectivity index (χ0) is 15.8. The summed E-state index contributed by atoms with van der Waals surface area (Å²) in [5, 5.41) is 0. The molecule has 0 spiro atoms. The molecule has 0 aromatic heterocycles. The van der Waals surface area contributed by atoms with Crippen LogP contribution in [0.5, 0.6) is 5.75 Å². The molecule has 0 radical (unpaired) electrons. The standard InChI is InChI=1S/C18H22N2O2/c1-22-17-9-7-16(8-10-17)12-14-20(18(19)21)13-11-15-5-3-2-4-6-15/h2-10H,11-14H2,1H3,(H2,19,21). The molecule has 4 nitrogen and oxygen atoms in total. The van der Waals surface area contributed by atoms with E-state index in [9.17, 15) is 4.79 Å². The van der Waals surface area contributed by atoms with Crippen LogP contribution in [0.25, 0.3) is 0 Å². The monoisotopic (exact) mass is 298 g/mol. The Hall–Kier alpha value is -2.49. The lowest BCUT2D eigenvalue weighted by Gasteiger charge is -2.20. The summed E-state index contributed by atoms with van der Waals surface area (Å²) in [7, 11) is 1.65. The molecule has 2 rings (SSSR count). The molecule has 0 atom stereocenters. The van der Waals surface area contributed by atoms with Crippen molar-refractivity contribution in [2.75, 3.05) is 20.2 Å². The van der Waals surface area contributed by atoms with E-state index in [0.29, 0.717) is 13.1 Å². The molecule has 0 heterocycles. The third-order valence-corrected chi connectivity index (χ3v) is 3.65. The Kier molecular flexibility index (Phi) is 5.83. The van der Waals surface area contributed by atoms with Crippen molar-refractivity contribution in [3.05, 3.63) is 65.7 Å². The second kappa shape index (κ2) is 8.08. The fraction of sp³-hybridized carbons (Fsp3) is 0.278. The molecule has 0 aliphatic heterocycles. The molecule has 0 saturated carbocycles. The summed E-state index contributed by atoms with van der Waals surface area (Å²) in [5.74, 6) is 0.833. The maximum Gasteiger partial charge on any atom is 0.314 e. The lowest BCUT2D eigenvalue weighted by atomic mass is 10.1. The largest absolute Gasteiger partial charge is 0.497 e. The van der Waals surface area contributed by atoms with Crippen molar-refractivity contribution in [2.45, 2.75) is 12.8 Å². The van der Waals surface area contributed by atoms with Gasteiger partial charge in [-0.1, -0.05) is 42.5 Å². The van der Waals surface area contributed by atoms with E-state index < -0.39 is 0 Å². The van der Waals surface area contributed by atoms with Gasteiger partial charge in [0.15, 0.2) is 0 Å². The molecular weight excluding hydrogens is 276 g/mol. The molecule has 0 fully saturated rings. The van der Waals surface area contributed by atoms with Gasteiger partial charge in [-0.3, -0.25) is 0 Å². The number of amides is 2. The maximum absolute atomic E-state index is 11.6. The van der Waals surface area contributed by atoms with Gasteiger partial charge in [-0.25, -0.2) is 4.79 Å². The van der Waals surface area contributed by atoms with E-state index in [2.05, 4.69) is 12.1 Å². The summed E-state index contributed by atoms with van der Waals surface area (Å²) in [5.41, 5.74) is 7.84. The van der Waals surface area contributed by atoms with Crippen LogP contribution in [0.2, 0.25) is 0 Å². The van der Waals surface area contributed by atoms with E-state index in [-0.39, 0.29) is 6.03 Å². The van der Waals surface area contributed by atoms with Gasteiger partial charge >= 0.3 is 6.03 Å². The number of nitrogens with two attached hydrogens (primary N) is 1. The number of ether oxygens (including phenoxy) is 1. The molecule has 2 amide bonds. The first kappa shape index (κ1) is 15.9. The summed E-state index contributed by atoms with van der Waals surface area (Å²) in [4.78, 5) is 13.3. The van der Waals surface area contributed by atoms with Crippen molar-refractivity contribution in [1.29, 1.82) is 0 Å². The van der Waals surface area contributed by atoms with Gasteiger partial charge < -0.3 is 15.4 Å². The molecule has 0 saturated heterocycles. The van der Waals surface area contributed by atoms with Crippen LogP contribution in [-0.4, -0.2) is 31.1 Å². The highest BCUT2D eigenvalue weighted by Crippen LogP contribution is 2.12. The van der Waals surface area contributed by atoms with Crippen LogP contribution in [0, 0.1) is 0 Å². The lowest BCUT2D eigenvalue weighted by Crippen LogP contribution is -2.38. The minimum absolute atomic E-state index is 0.371. The Bertz CT molecular complexity index is 582. The first-order chi connectivity index (χ1) is 10.7. The first-order valence-electron chi connectivity index (χ1n) is 7.40. The second-order valence-corrected chi connectivity index (χ2v) is 5.16. The number of carbonyl (C=O) groups is 1. The Labute approximate surface area is 131 Å². The van der Waals surface area contributed by atoms with Crippen molar-refractivity contribution in [3.63, 3.8) is 0 Å². The van der Waals surface area contributed by atoms with Gasteiger partial charge in [0, 0.05) is 13.1 Å². The van der Waals surface area contributed by atoms with Crippen LogP contribution in [0.15, 0.2) is 54.6 Å². The molecule has 0 aliphatic carbocycles. The van der Waals surface area contributed by atoms with Crippen molar-refractivity contribution in [2.24, 2.45) is 5.73 Å². The Morgan fingerprint density at radius 1 is 0.955 bits per heavy atom. The van der Waals surface area contributed by atoms with Gasteiger partial charge in [0.2, 0.25) is 0 Å². The Balaban J connectivity index is 1.87. The third-order valence-electron chi connectivity index (χ3n) is 3.65. The molecule has 116 valence electrons. The van der Waals surface area contributed by atoms with Gasteiger partial charge in [-0.15, -0.1) is 0 Å². The van der Waals surface area contributed by atoms with E-state index in [0.717, 1.165) is 24.2 Å². The predicted octanol–water partition coefficient (Wildman–Crippen LogP) is 2.86. The fourth-order valence-electron chi connectivity index (χ4n) is 2.30. The molecular formula is C18H22N2O2. The quantitative estimate of drug-likeness (QED) is 0.854. The summed E-state index contributed by atoms with van der Waals surface area (Å²) >= 11 is 0. The molecule has 0 bridgehead atoms. The number of hydrogen-bond acceptors (Lipinski definition) is 2. The van der Waals surface area contributed by atoms with E-state index in [4.69, 9.17) is 10.5 Å². The van der Waals surface area contributed by atoms with Gasteiger partial charge in [0.1, 0.15) is 5.75 Å². The summed E-state index contributed by atoms with van der Waals surface area (Å²) < 4.78 is 5.14. The second-order valence-electron chi connectivity index (χ2n) is 5.16. The fourth-order valence-corrected chi connectivity index (χ4v) is 2.30. The van der Waals surface area contributed by atoms with Crippen LogP contribution < -0.4 is 10.5 Å². The van der Waals surface area contributed by atoms with E-state index in [1.165, 1.54) is 5.56 Å². The lowest BCUT2D eigenvalue weighted by molar-refractivity contribution is 0.209. The maximum atomic E-state index is 11.6. The van der Waals surface area contributed by atoms with Crippen molar-refractivity contribution >= 4 is 6.03 Å². The average Bonchev–Trinajstić information content (AvgIpc) is 2.56. The number of carbonyl (C=O) groups excluding carboxylic acids is 1. The van der Waals surface area contributed by atoms with Gasteiger partial charge in [0.25, 0.3) is 0 Å². The van der Waals surface area contributed by atoms with Crippen LogP contribution in [0.3, 0.4) is 0 Å². The highest BCUT2D eigenvalue weighted by Gasteiger charge is 2.09. The Morgan fingerprint density at radius 3 is 2.00 bits per heavy atom. The molecule has 0 unspecified atom stereocenters. The molecule has 22 heavy (non-hydrogen) atoms. The van der Waals surface area contributed by atoms with E-state index >= 15 is 0 Å². The van der Waals surface area contributed by atoms with Crippen LogP contribution in [0.4, 0.5) is 4.79 Å². The van der Waals surface area contributed by atoms with Crippen LogP contribution in [0.1, 0.15) is 11.1 Å². The molecule has 2 aromatic rings. The SMILES string of the molecule is COc1ccc(CCN(CCc2ccccc2)C(N)=O)cc1. The minimum Gasteiger partial charge on any atom is -0.497 e.